The number of nitrogens with one attached hydrogen (secondary N) is 1. The predicted octanol–water partition coefficient (Wildman–Crippen LogP) is 4.33. The van der Waals surface area contributed by atoms with Gasteiger partial charge in [-0.2, -0.15) is 0 Å². The first-order valence-electron chi connectivity index (χ1n) is 10.5. The molecule has 1 aromatic heterocycles. The van der Waals surface area contributed by atoms with Gasteiger partial charge in [-0.1, -0.05) is 32.0 Å². The summed E-state index contributed by atoms with van der Waals surface area (Å²) in [5.74, 6) is 2.57. The number of hydrogen-bond acceptors (Lipinski definition) is 4. The van der Waals surface area contributed by atoms with Crippen molar-refractivity contribution in [2.24, 2.45) is 11.8 Å². The minimum atomic E-state index is 0.143. The van der Waals surface area contributed by atoms with E-state index in [1.165, 1.54) is 5.56 Å². The van der Waals surface area contributed by atoms with E-state index in [0.717, 1.165) is 62.5 Å². The second-order valence-corrected chi connectivity index (χ2v) is 8.36. The first-order valence-corrected chi connectivity index (χ1v) is 10.5. The molecule has 1 amide bonds. The minimum absolute atomic E-state index is 0.143. The highest BCUT2D eigenvalue weighted by Gasteiger charge is 2.26. The standard InChI is InChI=1S/C23H33N3O2/c1-16(2)9-12-24-22(27)19-10-13-26(14-11-19)15-21-18(4)28-23(25-21)20-8-6-5-7-17(20)3/h5-8,16,19H,9-15H2,1-4H3,(H,24,27). The van der Waals surface area contributed by atoms with Crippen molar-refractivity contribution in [2.75, 3.05) is 19.6 Å². The van der Waals surface area contributed by atoms with E-state index in [2.05, 4.69) is 37.1 Å². The molecular formula is C23H33N3O2. The lowest BCUT2D eigenvalue weighted by molar-refractivity contribution is -0.126. The van der Waals surface area contributed by atoms with E-state index in [0.29, 0.717) is 11.8 Å². The van der Waals surface area contributed by atoms with Crippen LogP contribution in [-0.4, -0.2) is 35.4 Å². The normalized spacial score (nSPS) is 15.9. The summed E-state index contributed by atoms with van der Waals surface area (Å²) in [6.07, 6.45) is 2.86. The van der Waals surface area contributed by atoms with Crippen LogP contribution in [0.3, 0.4) is 0 Å². The van der Waals surface area contributed by atoms with E-state index in [1.54, 1.807) is 0 Å². The van der Waals surface area contributed by atoms with Gasteiger partial charge < -0.3 is 9.73 Å². The summed E-state index contributed by atoms with van der Waals surface area (Å²) < 4.78 is 5.94. The van der Waals surface area contributed by atoms with Crippen LogP contribution in [-0.2, 0) is 11.3 Å². The summed E-state index contributed by atoms with van der Waals surface area (Å²) in [5, 5.41) is 3.10. The molecule has 28 heavy (non-hydrogen) atoms. The highest BCUT2D eigenvalue weighted by Crippen LogP contribution is 2.26. The number of aryl methyl sites for hydroxylation is 2. The molecule has 0 radical (unpaired) electrons. The number of carbonyl (C=O) groups is 1. The first-order chi connectivity index (χ1) is 13.4. The van der Waals surface area contributed by atoms with Crippen LogP contribution in [0, 0.1) is 25.7 Å². The van der Waals surface area contributed by atoms with Crippen molar-refractivity contribution in [1.82, 2.24) is 15.2 Å². The largest absolute Gasteiger partial charge is 0.441 e. The molecule has 0 unspecified atom stereocenters. The van der Waals surface area contributed by atoms with Gasteiger partial charge in [0.2, 0.25) is 11.8 Å². The molecule has 0 spiro atoms. The van der Waals surface area contributed by atoms with Gasteiger partial charge in [0, 0.05) is 24.6 Å². The average Bonchev–Trinajstić information content (AvgIpc) is 3.02. The van der Waals surface area contributed by atoms with Crippen LogP contribution in [0.25, 0.3) is 11.5 Å². The predicted molar refractivity (Wildman–Crippen MR) is 112 cm³/mol. The van der Waals surface area contributed by atoms with Gasteiger partial charge in [-0.3, -0.25) is 9.69 Å². The lowest BCUT2D eigenvalue weighted by Gasteiger charge is -2.30. The molecule has 0 aliphatic carbocycles. The lowest BCUT2D eigenvalue weighted by Crippen LogP contribution is -2.40. The van der Waals surface area contributed by atoms with E-state index in [-0.39, 0.29) is 11.8 Å². The van der Waals surface area contributed by atoms with Crippen LogP contribution < -0.4 is 5.32 Å². The van der Waals surface area contributed by atoms with Crippen molar-refractivity contribution in [3.63, 3.8) is 0 Å². The zero-order chi connectivity index (χ0) is 20.1. The van der Waals surface area contributed by atoms with Crippen LogP contribution in [0.5, 0.6) is 0 Å². The zero-order valence-corrected chi connectivity index (χ0v) is 17.6. The maximum Gasteiger partial charge on any atom is 0.226 e. The van der Waals surface area contributed by atoms with Crippen molar-refractivity contribution in [3.05, 3.63) is 41.3 Å². The summed E-state index contributed by atoms with van der Waals surface area (Å²) >= 11 is 0. The average molecular weight is 384 g/mol. The molecule has 0 saturated carbocycles. The number of likely N-dealkylation sites (tertiary alicyclic amines) is 1. The van der Waals surface area contributed by atoms with Crippen molar-refractivity contribution in [3.8, 4) is 11.5 Å². The molecule has 0 bridgehead atoms. The van der Waals surface area contributed by atoms with Crippen LogP contribution in [0.4, 0.5) is 0 Å². The number of aromatic nitrogens is 1. The molecule has 2 aromatic rings. The Balaban J connectivity index is 1.53. The fraction of sp³-hybridized carbons (Fsp3) is 0.565. The summed E-state index contributed by atoms with van der Waals surface area (Å²) in [5.41, 5.74) is 3.21. The molecule has 5 heteroatoms. The van der Waals surface area contributed by atoms with E-state index >= 15 is 0 Å². The lowest BCUT2D eigenvalue weighted by atomic mass is 9.95. The topological polar surface area (TPSA) is 58.4 Å². The Bertz CT molecular complexity index is 789. The van der Waals surface area contributed by atoms with Crippen molar-refractivity contribution >= 4 is 5.91 Å². The maximum absolute atomic E-state index is 12.3. The molecule has 1 aromatic carbocycles. The third-order valence-electron chi connectivity index (χ3n) is 5.62. The third kappa shape index (κ3) is 5.22. The molecule has 2 heterocycles. The van der Waals surface area contributed by atoms with Crippen LogP contribution in [0.1, 0.15) is 50.1 Å². The number of nitrogens with zero attached hydrogens (tertiary/aromatic N) is 2. The van der Waals surface area contributed by atoms with Gasteiger partial charge in [-0.05, 0) is 63.7 Å². The van der Waals surface area contributed by atoms with E-state index < -0.39 is 0 Å². The van der Waals surface area contributed by atoms with Gasteiger partial charge >= 0.3 is 0 Å². The quantitative estimate of drug-likeness (QED) is 0.773. The molecule has 152 valence electrons. The molecule has 1 aliphatic heterocycles. The molecule has 5 nitrogen and oxygen atoms in total. The van der Waals surface area contributed by atoms with Gasteiger partial charge in [0.15, 0.2) is 0 Å². The number of oxazole rings is 1. The molecular weight excluding hydrogens is 350 g/mol. The molecule has 1 fully saturated rings. The number of hydrogen-bond donors (Lipinski definition) is 1. The second-order valence-electron chi connectivity index (χ2n) is 8.36. The Hall–Kier alpha value is -2.14. The van der Waals surface area contributed by atoms with Crippen molar-refractivity contribution in [1.29, 1.82) is 0 Å². The van der Waals surface area contributed by atoms with Gasteiger partial charge in [-0.25, -0.2) is 4.98 Å². The Labute approximate surface area is 168 Å². The third-order valence-corrected chi connectivity index (χ3v) is 5.62. The minimum Gasteiger partial charge on any atom is -0.441 e. The van der Waals surface area contributed by atoms with Crippen molar-refractivity contribution < 1.29 is 9.21 Å². The fourth-order valence-electron chi connectivity index (χ4n) is 3.70. The number of amides is 1. The molecule has 1 N–H and O–H groups in total. The second kappa shape index (κ2) is 9.37. The van der Waals surface area contributed by atoms with Gasteiger partial charge in [0.25, 0.3) is 0 Å². The highest BCUT2D eigenvalue weighted by molar-refractivity contribution is 5.78. The van der Waals surface area contributed by atoms with Crippen molar-refractivity contribution in [2.45, 2.75) is 53.5 Å². The van der Waals surface area contributed by atoms with Gasteiger partial charge in [0.1, 0.15) is 5.76 Å². The maximum atomic E-state index is 12.3. The Morgan fingerprint density at radius 1 is 1.25 bits per heavy atom. The molecule has 0 atom stereocenters. The van der Waals surface area contributed by atoms with E-state index in [9.17, 15) is 4.79 Å². The Morgan fingerprint density at radius 2 is 1.96 bits per heavy atom. The molecule has 3 rings (SSSR count). The summed E-state index contributed by atoms with van der Waals surface area (Å²) in [6.45, 7) is 11.8. The summed E-state index contributed by atoms with van der Waals surface area (Å²) in [7, 11) is 0. The summed E-state index contributed by atoms with van der Waals surface area (Å²) in [6, 6.07) is 8.16. The number of benzene rings is 1. The fourth-order valence-corrected chi connectivity index (χ4v) is 3.70. The van der Waals surface area contributed by atoms with E-state index in [1.807, 2.05) is 25.1 Å². The van der Waals surface area contributed by atoms with Crippen LogP contribution >= 0.6 is 0 Å². The smallest absolute Gasteiger partial charge is 0.226 e. The zero-order valence-electron chi connectivity index (χ0n) is 17.6. The number of rotatable bonds is 7. The van der Waals surface area contributed by atoms with E-state index in [4.69, 9.17) is 9.40 Å². The van der Waals surface area contributed by atoms with Crippen LogP contribution in [0.2, 0.25) is 0 Å². The highest BCUT2D eigenvalue weighted by atomic mass is 16.4. The Morgan fingerprint density at radius 3 is 2.64 bits per heavy atom. The molecule has 1 aliphatic rings. The molecule has 1 saturated heterocycles. The summed E-state index contributed by atoms with van der Waals surface area (Å²) in [4.78, 5) is 19.5. The van der Waals surface area contributed by atoms with Gasteiger partial charge in [-0.15, -0.1) is 0 Å². The van der Waals surface area contributed by atoms with Crippen LogP contribution in [0.15, 0.2) is 28.7 Å². The monoisotopic (exact) mass is 383 g/mol. The Kier molecular flexibility index (Phi) is 6.89. The SMILES string of the molecule is Cc1ccccc1-c1nc(CN2CCC(C(=O)NCCC(C)C)CC2)c(C)o1. The number of carbonyl (C=O) groups excluding carboxylic acids is 1. The number of piperidine rings is 1. The van der Waals surface area contributed by atoms with Gasteiger partial charge in [0.05, 0.1) is 5.69 Å². The first kappa shape index (κ1) is 20.6.